The monoisotopic (exact) mass is 381 g/mol. The van der Waals surface area contributed by atoms with Gasteiger partial charge >= 0.3 is 5.97 Å². The minimum absolute atomic E-state index is 0.185. The molecule has 28 heavy (non-hydrogen) atoms. The fraction of sp³-hybridized carbons (Fsp3) is 0.211. The first-order valence-corrected chi connectivity index (χ1v) is 8.59. The molecule has 3 aromatic rings. The van der Waals surface area contributed by atoms with E-state index >= 15 is 0 Å². The first-order valence-electron chi connectivity index (χ1n) is 8.59. The average Bonchev–Trinajstić information content (AvgIpc) is 3.06. The van der Waals surface area contributed by atoms with E-state index < -0.39 is 11.9 Å². The maximum Gasteiger partial charge on any atom is 0.338 e. The van der Waals surface area contributed by atoms with Crippen molar-refractivity contribution in [1.82, 2.24) is 15.1 Å². The first-order chi connectivity index (χ1) is 13.4. The van der Waals surface area contributed by atoms with Gasteiger partial charge in [-0.05, 0) is 45.0 Å². The highest BCUT2D eigenvalue weighted by Crippen LogP contribution is 2.17. The van der Waals surface area contributed by atoms with Gasteiger partial charge in [-0.1, -0.05) is 5.16 Å². The van der Waals surface area contributed by atoms with E-state index in [1.165, 1.54) is 6.07 Å². The molecule has 0 saturated heterocycles. The molecule has 0 aliphatic heterocycles. The Hall–Kier alpha value is -3.75. The Kier molecular flexibility index (Phi) is 5.64. The Morgan fingerprint density at radius 1 is 1.07 bits per heavy atom. The molecule has 3 rings (SSSR count). The standard InChI is InChI=1S/C19H19N5O4/c1-4-27-19(26)13-5-7-14(8-6-13)22-18(25)15-10-16(21-12(3)20-15)23-17-9-11(2)28-24-17/h5-10H,4H2,1-3H3,(H,22,25)(H,20,21,23,24). The number of nitrogens with zero attached hydrogens (tertiary/aromatic N) is 3. The molecule has 2 heterocycles. The van der Waals surface area contributed by atoms with Gasteiger partial charge in [0.2, 0.25) is 0 Å². The molecule has 0 radical (unpaired) electrons. The predicted octanol–water partition coefficient (Wildman–Crippen LogP) is 3.25. The Labute approximate surface area is 161 Å². The summed E-state index contributed by atoms with van der Waals surface area (Å²) >= 11 is 0. The fourth-order valence-corrected chi connectivity index (χ4v) is 2.40. The van der Waals surface area contributed by atoms with Gasteiger partial charge in [-0.25, -0.2) is 14.8 Å². The smallest absolute Gasteiger partial charge is 0.338 e. The molecule has 0 saturated carbocycles. The highest BCUT2D eigenvalue weighted by Gasteiger charge is 2.13. The maximum atomic E-state index is 12.5. The van der Waals surface area contributed by atoms with Gasteiger partial charge in [0.25, 0.3) is 5.91 Å². The number of esters is 1. The number of amides is 1. The Morgan fingerprint density at radius 2 is 1.82 bits per heavy atom. The van der Waals surface area contributed by atoms with Gasteiger partial charge in [0.1, 0.15) is 23.1 Å². The van der Waals surface area contributed by atoms with E-state index in [1.54, 1.807) is 51.1 Å². The lowest BCUT2D eigenvalue weighted by molar-refractivity contribution is 0.0526. The van der Waals surface area contributed by atoms with Crippen LogP contribution >= 0.6 is 0 Å². The quantitative estimate of drug-likeness (QED) is 0.625. The third-order valence-electron chi connectivity index (χ3n) is 3.61. The lowest BCUT2D eigenvalue weighted by atomic mass is 10.2. The third kappa shape index (κ3) is 4.70. The Morgan fingerprint density at radius 3 is 2.46 bits per heavy atom. The third-order valence-corrected chi connectivity index (χ3v) is 3.61. The molecule has 2 N–H and O–H groups in total. The van der Waals surface area contributed by atoms with Crippen LogP contribution in [0.4, 0.5) is 17.3 Å². The summed E-state index contributed by atoms with van der Waals surface area (Å²) in [5.74, 6) is 1.16. The van der Waals surface area contributed by atoms with E-state index in [2.05, 4.69) is 25.8 Å². The zero-order valence-corrected chi connectivity index (χ0v) is 15.6. The lowest BCUT2D eigenvalue weighted by Gasteiger charge is -2.08. The first kappa shape index (κ1) is 19.0. The average molecular weight is 381 g/mol. The molecule has 0 aliphatic rings. The summed E-state index contributed by atoms with van der Waals surface area (Å²) in [5.41, 5.74) is 1.12. The van der Waals surface area contributed by atoms with E-state index in [-0.39, 0.29) is 5.69 Å². The molecular formula is C19H19N5O4. The Bertz CT molecular complexity index is 998. The molecule has 0 unspecified atom stereocenters. The van der Waals surface area contributed by atoms with Crippen molar-refractivity contribution in [3.63, 3.8) is 0 Å². The second-order valence-electron chi connectivity index (χ2n) is 5.89. The van der Waals surface area contributed by atoms with Crippen LogP contribution in [0.15, 0.2) is 40.9 Å². The second kappa shape index (κ2) is 8.30. The molecule has 1 amide bonds. The molecule has 0 spiro atoms. The van der Waals surface area contributed by atoms with Gasteiger partial charge in [-0.15, -0.1) is 0 Å². The van der Waals surface area contributed by atoms with Crippen LogP contribution in [0.3, 0.4) is 0 Å². The van der Waals surface area contributed by atoms with Crippen molar-refractivity contribution in [1.29, 1.82) is 0 Å². The van der Waals surface area contributed by atoms with E-state index in [0.29, 0.717) is 41.1 Å². The second-order valence-corrected chi connectivity index (χ2v) is 5.89. The summed E-state index contributed by atoms with van der Waals surface area (Å²) in [4.78, 5) is 32.6. The number of rotatable bonds is 6. The highest BCUT2D eigenvalue weighted by atomic mass is 16.5. The number of hydrogen-bond acceptors (Lipinski definition) is 8. The SMILES string of the molecule is CCOC(=O)c1ccc(NC(=O)c2cc(Nc3cc(C)on3)nc(C)n2)cc1. The van der Waals surface area contributed by atoms with E-state index in [4.69, 9.17) is 9.26 Å². The summed E-state index contributed by atoms with van der Waals surface area (Å²) in [6, 6.07) is 9.63. The highest BCUT2D eigenvalue weighted by molar-refractivity contribution is 6.03. The van der Waals surface area contributed by atoms with Crippen molar-refractivity contribution in [2.45, 2.75) is 20.8 Å². The zero-order valence-electron chi connectivity index (χ0n) is 15.6. The normalized spacial score (nSPS) is 10.4. The molecule has 0 atom stereocenters. The van der Waals surface area contributed by atoms with Crippen LogP contribution in [0, 0.1) is 13.8 Å². The molecule has 0 bridgehead atoms. The van der Waals surface area contributed by atoms with E-state index in [9.17, 15) is 9.59 Å². The number of benzene rings is 1. The van der Waals surface area contributed by atoms with Crippen LogP contribution in [0.2, 0.25) is 0 Å². The number of nitrogens with one attached hydrogen (secondary N) is 2. The van der Waals surface area contributed by atoms with Crippen molar-refractivity contribution >= 4 is 29.2 Å². The molecular weight excluding hydrogens is 362 g/mol. The maximum absolute atomic E-state index is 12.5. The van der Waals surface area contributed by atoms with Gasteiger partial charge in [-0.3, -0.25) is 4.79 Å². The summed E-state index contributed by atoms with van der Waals surface area (Å²) in [6.45, 7) is 5.50. The number of hydrogen-bond donors (Lipinski definition) is 2. The van der Waals surface area contributed by atoms with Crippen LogP contribution in [-0.4, -0.2) is 33.6 Å². The van der Waals surface area contributed by atoms with Crippen LogP contribution < -0.4 is 10.6 Å². The topological polar surface area (TPSA) is 119 Å². The van der Waals surface area contributed by atoms with E-state index in [0.717, 1.165) is 0 Å². The number of anilines is 3. The van der Waals surface area contributed by atoms with Gasteiger partial charge in [0.05, 0.1) is 12.2 Å². The van der Waals surface area contributed by atoms with Crippen LogP contribution in [0.1, 0.15) is 39.4 Å². The van der Waals surface area contributed by atoms with Crippen LogP contribution in [-0.2, 0) is 4.74 Å². The Balaban J connectivity index is 1.72. The minimum atomic E-state index is -0.411. The van der Waals surface area contributed by atoms with Crippen molar-refractivity contribution in [2.24, 2.45) is 0 Å². The predicted molar refractivity (Wildman–Crippen MR) is 102 cm³/mol. The molecule has 9 heteroatoms. The molecule has 9 nitrogen and oxygen atoms in total. The number of carbonyl (C=O) groups excluding carboxylic acids is 2. The summed E-state index contributed by atoms with van der Waals surface area (Å²) in [6.07, 6.45) is 0. The molecule has 0 fully saturated rings. The zero-order chi connectivity index (χ0) is 20.1. The minimum Gasteiger partial charge on any atom is -0.462 e. The lowest BCUT2D eigenvalue weighted by Crippen LogP contribution is -2.15. The number of carbonyl (C=O) groups is 2. The van der Waals surface area contributed by atoms with E-state index in [1.807, 2.05) is 0 Å². The molecule has 2 aromatic heterocycles. The van der Waals surface area contributed by atoms with Gasteiger partial charge in [0, 0.05) is 17.8 Å². The van der Waals surface area contributed by atoms with Gasteiger partial charge < -0.3 is 19.9 Å². The van der Waals surface area contributed by atoms with Crippen molar-refractivity contribution in [2.75, 3.05) is 17.2 Å². The van der Waals surface area contributed by atoms with Crippen LogP contribution in [0.25, 0.3) is 0 Å². The largest absolute Gasteiger partial charge is 0.462 e. The summed E-state index contributed by atoms with van der Waals surface area (Å²) < 4.78 is 9.93. The number of ether oxygens (including phenoxy) is 1. The number of aryl methyl sites for hydroxylation is 2. The molecule has 0 aliphatic carbocycles. The van der Waals surface area contributed by atoms with Crippen molar-refractivity contribution in [3.05, 3.63) is 59.2 Å². The summed E-state index contributed by atoms with van der Waals surface area (Å²) in [5, 5.41) is 9.54. The molecule has 144 valence electrons. The van der Waals surface area contributed by atoms with Gasteiger partial charge in [0.15, 0.2) is 5.82 Å². The van der Waals surface area contributed by atoms with Crippen molar-refractivity contribution < 1.29 is 18.8 Å². The van der Waals surface area contributed by atoms with Gasteiger partial charge in [-0.2, -0.15) is 0 Å². The molecule has 1 aromatic carbocycles. The fourth-order valence-electron chi connectivity index (χ4n) is 2.40. The van der Waals surface area contributed by atoms with Crippen LogP contribution in [0.5, 0.6) is 0 Å². The summed E-state index contributed by atoms with van der Waals surface area (Å²) in [7, 11) is 0. The van der Waals surface area contributed by atoms with Crippen molar-refractivity contribution in [3.8, 4) is 0 Å². The number of aromatic nitrogens is 3.